The van der Waals surface area contributed by atoms with Crippen LogP contribution >= 0.6 is 0 Å². The molecule has 4 nitrogen and oxygen atoms in total. The van der Waals surface area contributed by atoms with Crippen molar-refractivity contribution in [2.75, 3.05) is 0 Å². The van der Waals surface area contributed by atoms with Gasteiger partial charge in [0, 0.05) is 0 Å². The van der Waals surface area contributed by atoms with Gasteiger partial charge in [-0.15, -0.1) is 0 Å². The van der Waals surface area contributed by atoms with Gasteiger partial charge in [0.25, 0.3) is 0 Å². The van der Waals surface area contributed by atoms with E-state index in [-0.39, 0.29) is 11.1 Å². The van der Waals surface area contributed by atoms with Crippen LogP contribution in [0.4, 0.5) is 17.6 Å². The van der Waals surface area contributed by atoms with Gasteiger partial charge in [-0.3, -0.25) is 0 Å². The predicted octanol–water partition coefficient (Wildman–Crippen LogP) is 6.30. The van der Waals surface area contributed by atoms with E-state index in [0.29, 0.717) is 33.8 Å². The fourth-order valence-electron chi connectivity index (χ4n) is 3.04. The fourth-order valence-corrected chi connectivity index (χ4v) is 12.7. The molecule has 0 N–H and O–H groups in total. The monoisotopic (exact) mass is 548 g/mol. The van der Waals surface area contributed by atoms with E-state index in [1.807, 2.05) is 13.8 Å². The second-order valence-electron chi connectivity index (χ2n) is 7.21. The van der Waals surface area contributed by atoms with Crippen LogP contribution in [0.5, 0.6) is 0 Å². The molecule has 0 saturated carbocycles. The van der Waals surface area contributed by atoms with Gasteiger partial charge >= 0.3 is 184 Å². The summed E-state index contributed by atoms with van der Waals surface area (Å²) in [5, 5.41) is 0. The standard InChI is InChI=1S/2C7H4F2O2.2C4H9.Sn/c2*8-5-1-4(7(10)11)2-6(9)3-5;2*1-3-4-2;/h2*1-3H,(H,10,11);2*1,3-4H2,2H3;/q;;;;+2/p-2. The van der Waals surface area contributed by atoms with E-state index in [1.165, 1.54) is 0 Å². The van der Waals surface area contributed by atoms with Crippen molar-refractivity contribution in [3.8, 4) is 0 Å². The molecular weight excluding hydrogens is 523 g/mol. The summed E-state index contributed by atoms with van der Waals surface area (Å²) in [6, 6.07) is 4.60. The van der Waals surface area contributed by atoms with Crippen molar-refractivity contribution in [2.24, 2.45) is 0 Å². The van der Waals surface area contributed by atoms with Gasteiger partial charge in [0.1, 0.15) is 0 Å². The van der Waals surface area contributed by atoms with Crippen LogP contribution in [-0.4, -0.2) is 31.1 Å². The number of hydrogen-bond acceptors (Lipinski definition) is 4. The number of halogens is 4. The number of benzene rings is 2. The van der Waals surface area contributed by atoms with E-state index in [1.54, 1.807) is 0 Å². The summed E-state index contributed by atoms with van der Waals surface area (Å²) in [7, 11) is 0. The summed E-state index contributed by atoms with van der Waals surface area (Å²) < 4.78 is 66.2. The molecular formula is C22H24F4O4Sn. The SMILES string of the molecule is CCC[CH2][Sn]([CH2]CCC)([O]C(=O)c1cc(F)cc(F)c1)[O]C(=O)c1cc(F)cc(F)c1. The molecule has 0 aliphatic rings. The average Bonchev–Trinajstić information content (AvgIpc) is 2.69. The van der Waals surface area contributed by atoms with Gasteiger partial charge in [-0.1, -0.05) is 0 Å². The number of unbranched alkanes of at least 4 members (excludes halogenated alkanes) is 2. The van der Waals surface area contributed by atoms with Gasteiger partial charge in [-0.05, 0) is 0 Å². The topological polar surface area (TPSA) is 52.6 Å². The Balaban J connectivity index is 2.38. The third-order valence-corrected chi connectivity index (χ3v) is 14.1. The van der Waals surface area contributed by atoms with Gasteiger partial charge in [0.05, 0.1) is 0 Å². The molecule has 0 unspecified atom stereocenters. The zero-order valence-corrected chi connectivity index (χ0v) is 20.2. The molecule has 2 aromatic rings. The van der Waals surface area contributed by atoms with Crippen LogP contribution in [0.15, 0.2) is 36.4 Å². The maximum absolute atomic E-state index is 13.5. The van der Waals surface area contributed by atoms with Crippen molar-refractivity contribution in [2.45, 2.75) is 48.4 Å². The first-order valence-corrected chi connectivity index (χ1v) is 16.4. The Morgan fingerprint density at radius 2 is 1.00 bits per heavy atom. The molecule has 0 bridgehead atoms. The molecule has 0 atom stereocenters. The van der Waals surface area contributed by atoms with Crippen LogP contribution in [0.25, 0.3) is 0 Å². The molecule has 31 heavy (non-hydrogen) atoms. The van der Waals surface area contributed by atoms with Crippen molar-refractivity contribution in [3.05, 3.63) is 70.8 Å². The van der Waals surface area contributed by atoms with Gasteiger partial charge in [0.15, 0.2) is 0 Å². The van der Waals surface area contributed by atoms with Crippen LogP contribution in [0.2, 0.25) is 8.87 Å². The van der Waals surface area contributed by atoms with Gasteiger partial charge in [0.2, 0.25) is 0 Å². The maximum atomic E-state index is 13.5. The van der Waals surface area contributed by atoms with Crippen LogP contribution in [-0.2, 0) is 6.15 Å². The van der Waals surface area contributed by atoms with Gasteiger partial charge < -0.3 is 0 Å². The molecule has 0 radical (unpaired) electrons. The van der Waals surface area contributed by atoms with Gasteiger partial charge in [-0.2, -0.15) is 0 Å². The molecule has 0 aliphatic carbocycles. The molecule has 168 valence electrons. The predicted molar refractivity (Wildman–Crippen MR) is 109 cm³/mol. The first kappa shape index (κ1) is 25.2. The zero-order valence-electron chi connectivity index (χ0n) is 17.4. The third-order valence-electron chi connectivity index (χ3n) is 4.58. The van der Waals surface area contributed by atoms with Crippen molar-refractivity contribution >= 4 is 31.1 Å². The Labute approximate surface area is 183 Å². The van der Waals surface area contributed by atoms with E-state index in [0.717, 1.165) is 37.1 Å². The Kier molecular flexibility index (Phi) is 9.33. The molecule has 0 heterocycles. The van der Waals surface area contributed by atoms with Gasteiger partial charge in [-0.25, -0.2) is 0 Å². The second-order valence-corrected chi connectivity index (χ2v) is 16.4. The first-order valence-electron chi connectivity index (χ1n) is 10.1. The van der Waals surface area contributed by atoms with Crippen molar-refractivity contribution in [3.63, 3.8) is 0 Å². The van der Waals surface area contributed by atoms with Crippen molar-refractivity contribution in [1.82, 2.24) is 0 Å². The normalized spacial score (nSPS) is 11.3. The summed E-state index contributed by atoms with van der Waals surface area (Å²) in [6.45, 7) is 3.81. The molecule has 2 aromatic carbocycles. The Morgan fingerprint density at radius 3 is 1.29 bits per heavy atom. The number of carbonyl (C=O) groups excluding carboxylic acids is 2. The molecule has 0 aromatic heterocycles. The second kappa shape index (κ2) is 11.5. The Hall–Kier alpha value is -2.10. The Bertz CT molecular complexity index is 820. The van der Waals surface area contributed by atoms with E-state index >= 15 is 0 Å². The number of rotatable bonds is 10. The minimum absolute atomic E-state index is 0.318. The van der Waals surface area contributed by atoms with E-state index in [9.17, 15) is 27.2 Å². The summed E-state index contributed by atoms with van der Waals surface area (Å²) in [6.07, 6.45) is 2.64. The third kappa shape index (κ3) is 7.52. The number of carbonyl (C=O) groups is 2. The first-order chi connectivity index (χ1) is 14.7. The molecule has 9 heteroatoms. The van der Waals surface area contributed by atoms with Crippen LogP contribution in [0.1, 0.15) is 60.2 Å². The molecule has 0 fully saturated rings. The molecule has 0 aliphatic heterocycles. The van der Waals surface area contributed by atoms with E-state index in [2.05, 4.69) is 0 Å². The molecule has 2 rings (SSSR count). The summed E-state index contributed by atoms with van der Waals surface area (Å²) in [5.41, 5.74) is -0.668. The molecule has 0 saturated heterocycles. The zero-order chi connectivity index (χ0) is 23.0. The van der Waals surface area contributed by atoms with Crippen molar-refractivity contribution < 1.29 is 33.3 Å². The summed E-state index contributed by atoms with van der Waals surface area (Å²) in [5.74, 6) is -5.74. The van der Waals surface area contributed by atoms with Crippen LogP contribution < -0.4 is 0 Å². The quantitative estimate of drug-likeness (QED) is 0.259. The van der Waals surface area contributed by atoms with E-state index in [4.69, 9.17) is 6.15 Å². The van der Waals surface area contributed by atoms with E-state index < -0.39 is 54.4 Å². The van der Waals surface area contributed by atoms with Crippen molar-refractivity contribution in [1.29, 1.82) is 0 Å². The summed E-state index contributed by atoms with van der Waals surface area (Å²) >= 11 is -4.52. The molecule has 0 amide bonds. The Morgan fingerprint density at radius 1 is 0.677 bits per heavy atom. The fraction of sp³-hybridized carbons (Fsp3) is 0.364. The van der Waals surface area contributed by atoms with Crippen LogP contribution in [0.3, 0.4) is 0 Å². The minimum atomic E-state index is -4.52. The summed E-state index contributed by atoms with van der Waals surface area (Å²) in [4.78, 5) is 25.4. The van der Waals surface area contributed by atoms with Crippen LogP contribution in [0, 0.1) is 23.3 Å². The number of hydrogen-bond donors (Lipinski definition) is 0. The average molecular weight is 547 g/mol. The molecule has 0 spiro atoms.